The standard InChI is InChI=1S/C16H18O2/c1-11-4-5-14(10-12(11)2)16(17)13-6-8-15(18-3)9-7-13/h4-10,16-17H,1-3H3. The van der Waals surface area contributed by atoms with Crippen LogP contribution in [-0.2, 0) is 0 Å². The Hall–Kier alpha value is -1.80. The summed E-state index contributed by atoms with van der Waals surface area (Å²) in [5.74, 6) is 0.797. The zero-order valence-electron chi connectivity index (χ0n) is 11.0. The quantitative estimate of drug-likeness (QED) is 0.894. The maximum absolute atomic E-state index is 10.3. The van der Waals surface area contributed by atoms with Gasteiger partial charge in [-0.15, -0.1) is 0 Å². The SMILES string of the molecule is COc1ccc(C(O)c2ccc(C)c(C)c2)cc1. The molecule has 1 N–H and O–H groups in total. The van der Waals surface area contributed by atoms with Crippen molar-refractivity contribution in [2.75, 3.05) is 7.11 Å². The first-order valence-corrected chi connectivity index (χ1v) is 6.01. The topological polar surface area (TPSA) is 29.5 Å². The Morgan fingerprint density at radius 3 is 2.06 bits per heavy atom. The van der Waals surface area contributed by atoms with Gasteiger partial charge in [-0.25, -0.2) is 0 Å². The molecule has 0 bridgehead atoms. The molecule has 2 aromatic carbocycles. The molecule has 0 amide bonds. The van der Waals surface area contributed by atoms with E-state index in [1.165, 1.54) is 11.1 Å². The molecule has 0 saturated carbocycles. The molecule has 0 fully saturated rings. The van der Waals surface area contributed by atoms with Gasteiger partial charge in [0.25, 0.3) is 0 Å². The molecule has 2 nitrogen and oxygen atoms in total. The third-order valence-electron chi connectivity index (χ3n) is 3.28. The molecule has 18 heavy (non-hydrogen) atoms. The highest BCUT2D eigenvalue weighted by atomic mass is 16.5. The predicted octanol–water partition coefficient (Wildman–Crippen LogP) is 3.39. The predicted molar refractivity (Wildman–Crippen MR) is 73.0 cm³/mol. The second-order valence-corrected chi connectivity index (χ2v) is 4.52. The van der Waals surface area contributed by atoms with Gasteiger partial charge in [-0.05, 0) is 48.2 Å². The van der Waals surface area contributed by atoms with Crippen molar-refractivity contribution < 1.29 is 9.84 Å². The van der Waals surface area contributed by atoms with Crippen molar-refractivity contribution in [2.45, 2.75) is 20.0 Å². The number of aryl methyl sites for hydroxylation is 2. The van der Waals surface area contributed by atoms with E-state index in [9.17, 15) is 5.11 Å². The van der Waals surface area contributed by atoms with E-state index >= 15 is 0 Å². The van der Waals surface area contributed by atoms with Crippen LogP contribution in [0.2, 0.25) is 0 Å². The van der Waals surface area contributed by atoms with Crippen molar-refractivity contribution >= 4 is 0 Å². The molecule has 94 valence electrons. The van der Waals surface area contributed by atoms with E-state index in [-0.39, 0.29) is 0 Å². The zero-order chi connectivity index (χ0) is 13.1. The molecular formula is C16H18O2. The van der Waals surface area contributed by atoms with Gasteiger partial charge >= 0.3 is 0 Å². The lowest BCUT2D eigenvalue weighted by molar-refractivity contribution is 0.220. The molecular weight excluding hydrogens is 224 g/mol. The average molecular weight is 242 g/mol. The van der Waals surface area contributed by atoms with Crippen LogP contribution in [0, 0.1) is 13.8 Å². The third-order valence-corrected chi connectivity index (χ3v) is 3.28. The Morgan fingerprint density at radius 1 is 0.889 bits per heavy atom. The van der Waals surface area contributed by atoms with Crippen molar-refractivity contribution in [3.05, 3.63) is 64.7 Å². The van der Waals surface area contributed by atoms with E-state index < -0.39 is 6.10 Å². The van der Waals surface area contributed by atoms with Crippen molar-refractivity contribution in [2.24, 2.45) is 0 Å². The highest BCUT2D eigenvalue weighted by molar-refractivity contribution is 5.37. The monoisotopic (exact) mass is 242 g/mol. The zero-order valence-corrected chi connectivity index (χ0v) is 11.0. The number of aliphatic hydroxyl groups excluding tert-OH is 1. The molecule has 0 aromatic heterocycles. The lowest BCUT2D eigenvalue weighted by Gasteiger charge is -2.13. The molecule has 0 aliphatic heterocycles. The third kappa shape index (κ3) is 2.54. The second-order valence-electron chi connectivity index (χ2n) is 4.52. The first kappa shape index (κ1) is 12.7. The summed E-state index contributed by atoms with van der Waals surface area (Å²) in [5.41, 5.74) is 4.23. The van der Waals surface area contributed by atoms with Crippen LogP contribution in [0.3, 0.4) is 0 Å². The molecule has 0 aliphatic carbocycles. The average Bonchev–Trinajstić information content (AvgIpc) is 2.41. The Balaban J connectivity index is 2.28. The Kier molecular flexibility index (Phi) is 3.68. The molecule has 0 spiro atoms. The lowest BCUT2D eigenvalue weighted by atomic mass is 9.98. The van der Waals surface area contributed by atoms with Gasteiger partial charge in [-0.2, -0.15) is 0 Å². The van der Waals surface area contributed by atoms with Crippen LogP contribution in [0.1, 0.15) is 28.4 Å². The fourth-order valence-electron chi connectivity index (χ4n) is 1.91. The van der Waals surface area contributed by atoms with Gasteiger partial charge in [0.05, 0.1) is 7.11 Å². The number of methoxy groups -OCH3 is 1. The Labute approximate surface area is 108 Å². The van der Waals surface area contributed by atoms with Crippen LogP contribution in [0.25, 0.3) is 0 Å². The maximum Gasteiger partial charge on any atom is 0.118 e. The number of aliphatic hydroxyl groups is 1. The summed E-state index contributed by atoms with van der Waals surface area (Å²) < 4.78 is 5.11. The van der Waals surface area contributed by atoms with Crippen LogP contribution in [-0.4, -0.2) is 12.2 Å². The van der Waals surface area contributed by atoms with Gasteiger partial charge in [-0.1, -0.05) is 30.3 Å². The van der Waals surface area contributed by atoms with Crippen LogP contribution < -0.4 is 4.74 Å². The molecule has 2 rings (SSSR count). The summed E-state index contributed by atoms with van der Waals surface area (Å²) >= 11 is 0. The number of benzene rings is 2. The number of rotatable bonds is 3. The largest absolute Gasteiger partial charge is 0.497 e. The first-order valence-electron chi connectivity index (χ1n) is 6.01. The van der Waals surface area contributed by atoms with Crippen LogP contribution >= 0.6 is 0 Å². The fraction of sp³-hybridized carbons (Fsp3) is 0.250. The van der Waals surface area contributed by atoms with E-state index in [0.717, 1.165) is 16.9 Å². The van der Waals surface area contributed by atoms with Crippen molar-refractivity contribution in [1.29, 1.82) is 0 Å². The van der Waals surface area contributed by atoms with Gasteiger partial charge in [0.1, 0.15) is 11.9 Å². The van der Waals surface area contributed by atoms with Gasteiger partial charge in [-0.3, -0.25) is 0 Å². The molecule has 1 atom stereocenters. The summed E-state index contributed by atoms with van der Waals surface area (Å²) in [6, 6.07) is 13.5. The smallest absolute Gasteiger partial charge is 0.118 e. The molecule has 1 unspecified atom stereocenters. The molecule has 2 aromatic rings. The number of hydrogen-bond acceptors (Lipinski definition) is 2. The van der Waals surface area contributed by atoms with E-state index in [1.54, 1.807) is 7.11 Å². The van der Waals surface area contributed by atoms with Gasteiger partial charge < -0.3 is 9.84 Å². The normalized spacial score (nSPS) is 12.2. The molecule has 0 heterocycles. The first-order chi connectivity index (χ1) is 8.61. The molecule has 2 heteroatoms. The Bertz CT molecular complexity index is 529. The van der Waals surface area contributed by atoms with Gasteiger partial charge in [0.15, 0.2) is 0 Å². The van der Waals surface area contributed by atoms with E-state index in [2.05, 4.69) is 13.8 Å². The number of hydrogen-bond donors (Lipinski definition) is 1. The summed E-state index contributed by atoms with van der Waals surface area (Å²) in [7, 11) is 1.63. The maximum atomic E-state index is 10.3. The van der Waals surface area contributed by atoms with Crippen LogP contribution in [0.5, 0.6) is 5.75 Å². The highest BCUT2D eigenvalue weighted by Crippen LogP contribution is 2.25. The lowest BCUT2D eigenvalue weighted by Crippen LogP contribution is -2.00. The van der Waals surface area contributed by atoms with Gasteiger partial charge in [0.2, 0.25) is 0 Å². The van der Waals surface area contributed by atoms with Crippen LogP contribution in [0.4, 0.5) is 0 Å². The van der Waals surface area contributed by atoms with Crippen LogP contribution in [0.15, 0.2) is 42.5 Å². The fourth-order valence-corrected chi connectivity index (χ4v) is 1.91. The highest BCUT2D eigenvalue weighted by Gasteiger charge is 2.11. The minimum absolute atomic E-state index is 0.588. The van der Waals surface area contributed by atoms with Gasteiger partial charge in [0, 0.05) is 0 Å². The Morgan fingerprint density at radius 2 is 1.50 bits per heavy atom. The van der Waals surface area contributed by atoms with Crippen molar-refractivity contribution in [1.82, 2.24) is 0 Å². The summed E-state index contributed by atoms with van der Waals surface area (Å²) in [6.45, 7) is 4.12. The second kappa shape index (κ2) is 5.23. The minimum atomic E-state index is -0.588. The summed E-state index contributed by atoms with van der Waals surface area (Å²) in [5, 5.41) is 10.3. The van der Waals surface area contributed by atoms with Crippen molar-refractivity contribution in [3.8, 4) is 5.75 Å². The van der Waals surface area contributed by atoms with E-state index in [1.807, 2.05) is 42.5 Å². The summed E-state index contributed by atoms with van der Waals surface area (Å²) in [4.78, 5) is 0. The molecule has 0 saturated heterocycles. The van der Waals surface area contributed by atoms with E-state index in [4.69, 9.17) is 4.74 Å². The molecule has 0 radical (unpaired) electrons. The molecule has 0 aliphatic rings. The van der Waals surface area contributed by atoms with Crippen molar-refractivity contribution in [3.63, 3.8) is 0 Å². The summed E-state index contributed by atoms with van der Waals surface area (Å²) in [6.07, 6.45) is -0.588. The minimum Gasteiger partial charge on any atom is -0.497 e. The van der Waals surface area contributed by atoms with E-state index in [0.29, 0.717) is 0 Å². The number of ether oxygens (including phenoxy) is 1.